The highest BCUT2D eigenvalue weighted by Gasteiger charge is 2.19. The molecule has 0 unspecified atom stereocenters. The minimum absolute atomic E-state index is 0.0300. The Bertz CT molecular complexity index is 710. The van der Waals surface area contributed by atoms with E-state index in [1.165, 1.54) is 30.6 Å². The van der Waals surface area contributed by atoms with Gasteiger partial charge in [-0.3, -0.25) is 4.79 Å². The fraction of sp³-hybridized carbons (Fsp3) is 0.316. The zero-order valence-corrected chi connectivity index (χ0v) is 16.1. The summed E-state index contributed by atoms with van der Waals surface area (Å²) in [6, 6.07) is 14.0. The Kier molecular flexibility index (Phi) is 5.64. The van der Waals surface area contributed by atoms with Crippen molar-refractivity contribution in [3.8, 4) is 0 Å². The van der Waals surface area contributed by atoms with Crippen LogP contribution in [-0.2, 0) is 0 Å². The molecule has 1 saturated carbocycles. The monoisotopic (exact) mass is 437 g/mol. The summed E-state index contributed by atoms with van der Waals surface area (Å²) < 4.78 is 1.02. The molecule has 120 valence electrons. The highest BCUT2D eigenvalue weighted by Crippen LogP contribution is 2.38. The van der Waals surface area contributed by atoms with Crippen molar-refractivity contribution in [3.05, 3.63) is 57.2 Å². The smallest absolute Gasteiger partial charge is 0.256 e. The fourth-order valence-electron chi connectivity index (χ4n) is 2.87. The summed E-state index contributed by atoms with van der Waals surface area (Å²) in [5, 5.41) is 3.79. The van der Waals surface area contributed by atoms with E-state index < -0.39 is 0 Å². The van der Waals surface area contributed by atoms with Gasteiger partial charge in [-0.15, -0.1) is 11.8 Å². The van der Waals surface area contributed by atoms with Crippen molar-refractivity contribution in [1.82, 2.24) is 0 Å². The molecule has 3 rings (SSSR count). The van der Waals surface area contributed by atoms with E-state index in [4.69, 9.17) is 0 Å². The Hall–Kier alpha value is -1.01. The number of para-hydroxylation sites is 1. The molecule has 2 aromatic rings. The van der Waals surface area contributed by atoms with Gasteiger partial charge in [-0.05, 0) is 66.1 Å². The second-order valence-electron chi connectivity index (χ2n) is 5.91. The summed E-state index contributed by atoms with van der Waals surface area (Å²) >= 11 is 4.15. The number of carbonyl (C=O) groups excluding carboxylic acids is 1. The third-order valence-corrected chi connectivity index (χ3v) is 7.01. The van der Waals surface area contributed by atoms with Gasteiger partial charge in [-0.2, -0.15) is 0 Å². The lowest BCUT2D eigenvalue weighted by Gasteiger charge is -2.15. The molecular weight excluding hydrogens is 417 g/mol. The first-order chi connectivity index (χ1) is 11.1. The molecule has 1 fully saturated rings. The van der Waals surface area contributed by atoms with Gasteiger partial charge in [0.2, 0.25) is 0 Å². The first kappa shape index (κ1) is 16.8. The number of carbonyl (C=O) groups is 1. The number of amides is 1. The molecule has 0 bridgehead atoms. The number of hydrogen-bond acceptors (Lipinski definition) is 2. The largest absolute Gasteiger partial charge is 0.321 e. The van der Waals surface area contributed by atoms with E-state index in [-0.39, 0.29) is 5.91 Å². The second-order valence-corrected chi connectivity index (χ2v) is 8.33. The molecule has 2 nitrogen and oxygen atoms in total. The van der Waals surface area contributed by atoms with Crippen molar-refractivity contribution < 1.29 is 4.79 Å². The molecule has 0 saturated heterocycles. The molecule has 4 heteroatoms. The van der Waals surface area contributed by atoms with Crippen LogP contribution in [0.2, 0.25) is 0 Å². The van der Waals surface area contributed by atoms with E-state index >= 15 is 0 Å². The van der Waals surface area contributed by atoms with Crippen LogP contribution < -0.4 is 5.32 Å². The van der Waals surface area contributed by atoms with Crippen LogP contribution in [0.3, 0.4) is 0 Å². The number of rotatable bonds is 4. The van der Waals surface area contributed by atoms with Gasteiger partial charge in [0, 0.05) is 13.7 Å². The molecule has 1 aliphatic carbocycles. The van der Waals surface area contributed by atoms with Crippen molar-refractivity contribution in [1.29, 1.82) is 0 Å². The van der Waals surface area contributed by atoms with Gasteiger partial charge in [0.05, 0.1) is 11.3 Å². The summed E-state index contributed by atoms with van der Waals surface area (Å²) in [6.45, 7) is 2.03. The SMILES string of the molecule is Cc1cccc(C(=O)Nc2ccccc2SC2CCCC2)c1I. The van der Waals surface area contributed by atoms with Gasteiger partial charge in [0.1, 0.15) is 0 Å². The number of anilines is 1. The first-order valence-corrected chi connectivity index (χ1v) is 9.93. The fourth-order valence-corrected chi connectivity index (χ4v) is 4.81. The predicted molar refractivity (Wildman–Crippen MR) is 106 cm³/mol. The summed E-state index contributed by atoms with van der Waals surface area (Å²) in [5.74, 6) is -0.0300. The minimum Gasteiger partial charge on any atom is -0.321 e. The molecule has 0 radical (unpaired) electrons. The third kappa shape index (κ3) is 4.10. The Balaban J connectivity index is 1.79. The Morgan fingerprint density at radius 2 is 1.87 bits per heavy atom. The molecule has 0 spiro atoms. The number of halogens is 1. The number of aryl methyl sites for hydroxylation is 1. The van der Waals surface area contributed by atoms with Gasteiger partial charge >= 0.3 is 0 Å². The van der Waals surface area contributed by atoms with E-state index in [9.17, 15) is 4.79 Å². The quantitative estimate of drug-likeness (QED) is 0.605. The van der Waals surface area contributed by atoms with Gasteiger partial charge in [-0.25, -0.2) is 0 Å². The van der Waals surface area contributed by atoms with Crippen LogP contribution in [0, 0.1) is 10.5 Å². The van der Waals surface area contributed by atoms with Crippen LogP contribution in [0.4, 0.5) is 5.69 Å². The molecule has 0 aliphatic heterocycles. The molecule has 2 aromatic carbocycles. The maximum absolute atomic E-state index is 12.7. The topological polar surface area (TPSA) is 29.1 Å². The maximum atomic E-state index is 12.7. The lowest BCUT2D eigenvalue weighted by atomic mass is 10.1. The Labute approximate surface area is 155 Å². The van der Waals surface area contributed by atoms with E-state index in [0.29, 0.717) is 5.25 Å². The van der Waals surface area contributed by atoms with Crippen molar-refractivity contribution in [2.45, 2.75) is 42.8 Å². The highest BCUT2D eigenvalue weighted by atomic mass is 127. The van der Waals surface area contributed by atoms with Crippen LogP contribution in [0.25, 0.3) is 0 Å². The number of thioether (sulfide) groups is 1. The lowest BCUT2D eigenvalue weighted by Crippen LogP contribution is -2.14. The van der Waals surface area contributed by atoms with Gasteiger partial charge in [0.25, 0.3) is 5.91 Å². The van der Waals surface area contributed by atoms with Crippen LogP contribution >= 0.6 is 34.4 Å². The molecule has 0 atom stereocenters. The molecule has 1 aliphatic rings. The maximum Gasteiger partial charge on any atom is 0.256 e. The molecular formula is C19H20INOS. The van der Waals surface area contributed by atoms with Gasteiger partial charge < -0.3 is 5.32 Å². The number of benzene rings is 2. The highest BCUT2D eigenvalue weighted by molar-refractivity contribution is 14.1. The average molecular weight is 437 g/mol. The molecule has 23 heavy (non-hydrogen) atoms. The van der Waals surface area contributed by atoms with Gasteiger partial charge in [-0.1, -0.05) is 37.1 Å². The van der Waals surface area contributed by atoms with Crippen LogP contribution in [0.1, 0.15) is 41.6 Å². The number of hydrogen-bond donors (Lipinski definition) is 1. The van der Waals surface area contributed by atoms with Crippen LogP contribution in [0.15, 0.2) is 47.4 Å². The van der Waals surface area contributed by atoms with E-state index in [1.54, 1.807) is 0 Å². The zero-order chi connectivity index (χ0) is 16.2. The van der Waals surface area contributed by atoms with Crippen molar-refractivity contribution in [3.63, 3.8) is 0 Å². The molecule has 1 N–H and O–H groups in total. The molecule has 1 amide bonds. The summed E-state index contributed by atoms with van der Waals surface area (Å²) in [5.41, 5.74) is 2.80. The van der Waals surface area contributed by atoms with Crippen LogP contribution in [-0.4, -0.2) is 11.2 Å². The number of nitrogens with one attached hydrogen (secondary N) is 1. The standard InChI is InChI=1S/C19H20INOS/c1-13-7-6-10-15(18(13)20)19(22)21-16-11-4-5-12-17(16)23-14-8-2-3-9-14/h4-7,10-12,14H,2-3,8-9H2,1H3,(H,21,22). The zero-order valence-electron chi connectivity index (χ0n) is 13.1. The van der Waals surface area contributed by atoms with E-state index in [0.717, 1.165) is 20.4 Å². The molecule has 0 heterocycles. The van der Waals surface area contributed by atoms with E-state index in [2.05, 4.69) is 34.0 Å². The Morgan fingerprint density at radius 1 is 1.13 bits per heavy atom. The summed E-state index contributed by atoms with van der Waals surface area (Å²) in [6.07, 6.45) is 5.22. The molecule has 0 aromatic heterocycles. The van der Waals surface area contributed by atoms with Crippen molar-refractivity contribution in [2.24, 2.45) is 0 Å². The average Bonchev–Trinajstić information content (AvgIpc) is 3.05. The normalized spacial score (nSPS) is 14.9. The predicted octanol–water partition coefficient (Wildman–Crippen LogP) is 5.89. The van der Waals surface area contributed by atoms with Gasteiger partial charge in [0.15, 0.2) is 0 Å². The summed E-state index contributed by atoms with van der Waals surface area (Å²) in [7, 11) is 0. The first-order valence-electron chi connectivity index (χ1n) is 7.97. The van der Waals surface area contributed by atoms with Crippen molar-refractivity contribution >= 4 is 45.9 Å². The van der Waals surface area contributed by atoms with Crippen molar-refractivity contribution in [2.75, 3.05) is 5.32 Å². The minimum atomic E-state index is -0.0300. The van der Waals surface area contributed by atoms with Crippen LogP contribution in [0.5, 0.6) is 0 Å². The van der Waals surface area contributed by atoms with E-state index in [1.807, 2.05) is 55.1 Å². The third-order valence-electron chi connectivity index (χ3n) is 4.17. The second kappa shape index (κ2) is 7.71. The lowest BCUT2D eigenvalue weighted by molar-refractivity contribution is 0.102. The summed E-state index contributed by atoms with van der Waals surface area (Å²) in [4.78, 5) is 13.8. The Morgan fingerprint density at radius 3 is 2.65 bits per heavy atom.